The number of phenolic OH excluding ortho intramolecular Hbond substituents is 1. The number of phenols is 1. The first-order valence-corrected chi connectivity index (χ1v) is 7.86. The second kappa shape index (κ2) is 6.64. The molecule has 0 bridgehead atoms. The molecule has 1 aromatic rings. The first-order chi connectivity index (χ1) is 10.3. The number of ether oxygens (including phenoxy) is 1. The van der Waals surface area contributed by atoms with Gasteiger partial charge >= 0.3 is 0 Å². The minimum Gasteiger partial charge on any atom is -0.508 e. The number of hydrogen-bond acceptors (Lipinski definition) is 5. The van der Waals surface area contributed by atoms with Gasteiger partial charge in [-0.1, -0.05) is 0 Å². The van der Waals surface area contributed by atoms with Crippen LogP contribution in [0.5, 0.6) is 5.75 Å². The lowest BCUT2D eigenvalue weighted by Gasteiger charge is -2.34. The number of benzene rings is 1. The molecule has 0 aliphatic carbocycles. The van der Waals surface area contributed by atoms with E-state index in [9.17, 15) is 5.11 Å². The van der Waals surface area contributed by atoms with Crippen molar-refractivity contribution in [3.05, 3.63) is 23.8 Å². The molecule has 116 valence electrons. The van der Waals surface area contributed by atoms with Gasteiger partial charge in [0.1, 0.15) is 5.75 Å². The molecule has 2 heterocycles. The van der Waals surface area contributed by atoms with Gasteiger partial charge in [0.15, 0.2) is 0 Å². The van der Waals surface area contributed by atoms with E-state index in [0.717, 1.165) is 58.0 Å². The largest absolute Gasteiger partial charge is 0.508 e. The lowest BCUT2D eigenvalue weighted by Crippen LogP contribution is -2.44. The molecule has 21 heavy (non-hydrogen) atoms. The molecule has 0 spiro atoms. The van der Waals surface area contributed by atoms with Crippen LogP contribution in [0, 0.1) is 0 Å². The second-order valence-electron chi connectivity index (χ2n) is 5.80. The lowest BCUT2D eigenvalue weighted by molar-refractivity contribution is 0.122. The predicted molar refractivity (Wildman–Crippen MR) is 84.0 cm³/mol. The van der Waals surface area contributed by atoms with Gasteiger partial charge in [-0.3, -0.25) is 4.90 Å². The van der Waals surface area contributed by atoms with E-state index in [-0.39, 0.29) is 6.04 Å². The highest BCUT2D eigenvalue weighted by Crippen LogP contribution is 2.32. The van der Waals surface area contributed by atoms with Crippen LogP contribution in [0.2, 0.25) is 0 Å². The molecule has 1 atom stereocenters. The molecule has 0 aromatic heterocycles. The summed E-state index contributed by atoms with van der Waals surface area (Å²) in [6.07, 6.45) is 0. The van der Waals surface area contributed by atoms with Crippen molar-refractivity contribution in [2.24, 2.45) is 0 Å². The first-order valence-electron chi connectivity index (χ1n) is 7.86. The Kier molecular flexibility index (Phi) is 4.63. The summed E-state index contributed by atoms with van der Waals surface area (Å²) >= 11 is 0. The van der Waals surface area contributed by atoms with Gasteiger partial charge in [-0.05, 0) is 25.1 Å². The molecule has 5 nitrogen and oxygen atoms in total. The third kappa shape index (κ3) is 3.31. The number of rotatable bonds is 3. The fourth-order valence-electron chi connectivity index (χ4n) is 3.16. The molecular weight excluding hydrogens is 266 g/mol. The standard InChI is InChI=1S/C16H25N3O2/c1-13(18-6-4-17-5-7-18)15-12-14(2-3-16(15)20)19-8-10-21-11-9-19/h2-3,12-13,17,20H,4-11H2,1H3. The van der Waals surface area contributed by atoms with Crippen molar-refractivity contribution in [1.29, 1.82) is 0 Å². The van der Waals surface area contributed by atoms with Gasteiger partial charge in [0.05, 0.1) is 13.2 Å². The summed E-state index contributed by atoms with van der Waals surface area (Å²) in [7, 11) is 0. The second-order valence-corrected chi connectivity index (χ2v) is 5.80. The monoisotopic (exact) mass is 291 g/mol. The number of hydrogen-bond donors (Lipinski definition) is 2. The molecule has 3 rings (SSSR count). The number of nitrogens with zero attached hydrogens (tertiary/aromatic N) is 2. The molecule has 2 saturated heterocycles. The summed E-state index contributed by atoms with van der Waals surface area (Å²) in [5.41, 5.74) is 2.22. The van der Waals surface area contributed by atoms with E-state index in [1.807, 2.05) is 12.1 Å². The molecule has 2 aliphatic rings. The fourth-order valence-corrected chi connectivity index (χ4v) is 3.16. The maximum absolute atomic E-state index is 10.2. The highest BCUT2D eigenvalue weighted by molar-refractivity contribution is 5.54. The Bertz CT molecular complexity index is 469. The Morgan fingerprint density at radius 1 is 1.14 bits per heavy atom. The Labute approximate surface area is 126 Å². The average molecular weight is 291 g/mol. The third-order valence-corrected chi connectivity index (χ3v) is 4.54. The topological polar surface area (TPSA) is 48.0 Å². The van der Waals surface area contributed by atoms with Crippen LogP contribution in [0.1, 0.15) is 18.5 Å². The molecule has 2 N–H and O–H groups in total. The summed E-state index contributed by atoms with van der Waals surface area (Å²) in [4.78, 5) is 4.76. The Morgan fingerprint density at radius 2 is 1.86 bits per heavy atom. The Morgan fingerprint density at radius 3 is 2.57 bits per heavy atom. The molecule has 5 heteroatoms. The summed E-state index contributed by atoms with van der Waals surface area (Å²) < 4.78 is 5.41. The van der Waals surface area contributed by atoms with Crippen LogP contribution in [-0.2, 0) is 4.74 Å². The van der Waals surface area contributed by atoms with Crippen LogP contribution >= 0.6 is 0 Å². The lowest BCUT2D eigenvalue weighted by atomic mass is 10.0. The van der Waals surface area contributed by atoms with E-state index < -0.39 is 0 Å². The van der Waals surface area contributed by atoms with Crippen LogP contribution < -0.4 is 10.2 Å². The number of aromatic hydroxyl groups is 1. The van der Waals surface area contributed by atoms with Gasteiger partial charge in [0.2, 0.25) is 0 Å². The fraction of sp³-hybridized carbons (Fsp3) is 0.625. The van der Waals surface area contributed by atoms with Crippen LogP contribution in [0.4, 0.5) is 5.69 Å². The van der Waals surface area contributed by atoms with E-state index in [1.54, 1.807) is 0 Å². The molecule has 1 aromatic carbocycles. The van der Waals surface area contributed by atoms with E-state index in [2.05, 4.69) is 28.1 Å². The van der Waals surface area contributed by atoms with Gasteiger partial charge in [-0.15, -0.1) is 0 Å². The Balaban J connectivity index is 1.79. The molecular formula is C16H25N3O2. The molecule has 2 fully saturated rings. The maximum Gasteiger partial charge on any atom is 0.120 e. The highest BCUT2D eigenvalue weighted by Gasteiger charge is 2.22. The molecule has 1 unspecified atom stereocenters. The zero-order chi connectivity index (χ0) is 14.7. The summed E-state index contributed by atoms with van der Waals surface area (Å²) in [6, 6.07) is 6.23. The van der Waals surface area contributed by atoms with Gasteiger partial charge in [-0.2, -0.15) is 0 Å². The summed E-state index contributed by atoms with van der Waals surface area (Å²) in [5.74, 6) is 0.401. The number of piperazine rings is 1. The van der Waals surface area contributed by atoms with Gasteiger partial charge in [0, 0.05) is 56.6 Å². The summed E-state index contributed by atoms with van der Waals surface area (Å²) in [5, 5.41) is 13.6. The van der Waals surface area contributed by atoms with Crippen molar-refractivity contribution in [1.82, 2.24) is 10.2 Å². The third-order valence-electron chi connectivity index (χ3n) is 4.54. The summed E-state index contributed by atoms with van der Waals surface area (Å²) in [6.45, 7) is 9.70. The van der Waals surface area contributed by atoms with E-state index in [0.29, 0.717) is 5.75 Å². The van der Waals surface area contributed by atoms with Crippen molar-refractivity contribution in [3.8, 4) is 5.75 Å². The van der Waals surface area contributed by atoms with Gasteiger partial charge < -0.3 is 20.1 Å². The van der Waals surface area contributed by atoms with Gasteiger partial charge in [-0.25, -0.2) is 0 Å². The number of anilines is 1. The number of morpholine rings is 1. The molecule has 0 amide bonds. The van der Waals surface area contributed by atoms with Crippen LogP contribution in [0.3, 0.4) is 0 Å². The highest BCUT2D eigenvalue weighted by atomic mass is 16.5. The smallest absolute Gasteiger partial charge is 0.120 e. The van der Waals surface area contributed by atoms with Crippen LogP contribution in [0.15, 0.2) is 18.2 Å². The van der Waals surface area contributed by atoms with Crippen molar-refractivity contribution >= 4 is 5.69 Å². The number of nitrogens with one attached hydrogen (secondary N) is 1. The first kappa shape index (κ1) is 14.6. The SMILES string of the molecule is CC(c1cc(N2CCOCC2)ccc1O)N1CCNCC1. The minimum absolute atomic E-state index is 0.244. The zero-order valence-corrected chi connectivity index (χ0v) is 12.7. The normalized spacial score (nSPS) is 22.2. The molecule has 2 aliphatic heterocycles. The van der Waals surface area contributed by atoms with Crippen molar-refractivity contribution in [3.63, 3.8) is 0 Å². The van der Waals surface area contributed by atoms with Gasteiger partial charge in [0.25, 0.3) is 0 Å². The molecule has 0 radical (unpaired) electrons. The zero-order valence-electron chi connectivity index (χ0n) is 12.7. The maximum atomic E-state index is 10.2. The predicted octanol–water partition coefficient (Wildman–Crippen LogP) is 1.20. The van der Waals surface area contributed by atoms with E-state index in [1.165, 1.54) is 5.69 Å². The van der Waals surface area contributed by atoms with Crippen LogP contribution in [0.25, 0.3) is 0 Å². The van der Waals surface area contributed by atoms with Crippen molar-refractivity contribution < 1.29 is 9.84 Å². The van der Waals surface area contributed by atoms with Crippen molar-refractivity contribution in [2.75, 3.05) is 57.4 Å². The van der Waals surface area contributed by atoms with Crippen molar-refractivity contribution in [2.45, 2.75) is 13.0 Å². The van der Waals surface area contributed by atoms with Crippen LogP contribution in [-0.4, -0.2) is 62.5 Å². The van der Waals surface area contributed by atoms with E-state index >= 15 is 0 Å². The molecule has 0 saturated carbocycles. The Hall–Kier alpha value is -1.30. The minimum atomic E-state index is 0.244. The quantitative estimate of drug-likeness (QED) is 0.876. The van der Waals surface area contributed by atoms with E-state index in [4.69, 9.17) is 4.74 Å². The average Bonchev–Trinajstić information content (AvgIpc) is 2.56.